The molecular formula is C26H35F2N3O2. The number of carbonyl (C=O) groups is 1. The van der Waals surface area contributed by atoms with Crippen LogP contribution in [-0.2, 0) is 17.9 Å². The van der Waals surface area contributed by atoms with Crippen molar-refractivity contribution in [1.29, 1.82) is 0 Å². The maximum atomic E-state index is 14.9. The molecule has 180 valence electrons. The van der Waals surface area contributed by atoms with Crippen molar-refractivity contribution in [1.82, 2.24) is 15.1 Å². The van der Waals surface area contributed by atoms with Crippen LogP contribution in [0.25, 0.3) is 0 Å². The Labute approximate surface area is 195 Å². The summed E-state index contributed by atoms with van der Waals surface area (Å²) in [6, 6.07) is 13.3. The van der Waals surface area contributed by atoms with Crippen LogP contribution in [-0.4, -0.2) is 61.2 Å². The van der Waals surface area contributed by atoms with Gasteiger partial charge in [0.1, 0.15) is 17.7 Å². The molecule has 7 heteroatoms. The second-order valence-electron chi connectivity index (χ2n) is 9.23. The molecule has 1 fully saturated rings. The van der Waals surface area contributed by atoms with E-state index in [1.165, 1.54) is 12.1 Å². The van der Waals surface area contributed by atoms with Gasteiger partial charge in [0.15, 0.2) is 0 Å². The Kier molecular flexibility index (Phi) is 9.21. The predicted molar refractivity (Wildman–Crippen MR) is 126 cm³/mol. The third kappa shape index (κ3) is 7.79. The van der Waals surface area contributed by atoms with Crippen LogP contribution in [0.4, 0.5) is 8.78 Å². The molecule has 1 aliphatic heterocycles. The number of carbonyl (C=O) groups excluding carboxylic acids is 1. The fraction of sp³-hybridized carbons (Fsp3) is 0.500. The van der Waals surface area contributed by atoms with Gasteiger partial charge in [0, 0.05) is 26.2 Å². The second-order valence-corrected chi connectivity index (χ2v) is 9.23. The van der Waals surface area contributed by atoms with E-state index in [0.717, 1.165) is 23.4 Å². The van der Waals surface area contributed by atoms with E-state index >= 15 is 0 Å². The van der Waals surface area contributed by atoms with E-state index in [0.29, 0.717) is 32.0 Å². The second kappa shape index (κ2) is 12.1. The fourth-order valence-electron chi connectivity index (χ4n) is 3.95. The van der Waals surface area contributed by atoms with Crippen LogP contribution in [0, 0.1) is 11.7 Å². The molecule has 1 saturated heterocycles. The Hall–Kier alpha value is -2.51. The van der Waals surface area contributed by atoms with Crippen molar-refractivity contribution in [3.05, 3.63) is 65.5 Å². The molecule has 0 spiro atoms. The van der Waals surface area contributed by atoms with Crippen molar-refractivity contribution < 1.29 is 18.3 Å². The molecule has 5 nitrogen and oxygen atoms in total. The molecule has 0 aromatic heterocycles. The lowest BCUT2D eigenvalue weighted by Gasteiger charge is -2.39. The summed E-state index contributed by atoms with van der Waals surface area (Å²) < 4.78 is 33.9. The first-order valence-electron chi connectivity index (χ1n) is 11.6. The van der Waals surface area contributed by atoms with Gasteiger partial charge < -0.3 is 19.9 Å². The van der Waals surface area contributed by atoms with Crippen LogP contribution in [0.2, 0.25) is 0 Å². The summed E-state index contributed by atoms with van der Waals surface area (Å²) >= 11 is 0. The molecule has 33 heavy (non-hydrogen) atoms. The highest BCUT2D eigenvalue weighted by Crippen LogP contribution is 2.22. The van der Waals surface area contributed by atoms with Crippen molar-refractivity contribution >= 4 is 5.91 Å². The Morgan fingerprint density at radius 1 is 1.15 bits per heavy atom. The molecule has 0 radical (unpaired) electrons. The molecule has 1 N–H and O–H groups in total. The Bertz CT molecular complexity index is 874. The van der Waals surface area contributed by atoms with Gasteiger partial charge in [-0.2, -0.15) is 0 Å². The first-order chi connectivity index (χ1) is 15.8. The first kappa shape index (κ1) is 25.1. The predicted octanol–water partition coefficient (Wildman–Crippen LogP) is 4.02. The van der Waals surface area contributed by atoms with E-state index < -0.39 is 12.2 Å². The average Bonchev–Trinajstić information content (AvgIpc) is 2.78. The monoisotopic (exact) mass is 459 g/mol. The number of hydrogen-bond acceptors (Lipinski definition) is 4. The van der Waals surface area contributed by atoms with Gasteiger partial charge in [-0.15, -0.1) is 0 Å². The first-order valence-corrected chi connectivity index (χ1v) is 11.6. The minimum Gasteiger partial charge on any atom is -0.493 e. The number of ether oxygens (including phenoxy) is 1. The standard InChI is InChI=1S/C26H35F2N3O2/c1-19(2)18-33-23-10-6-20(7-11-23)14-29-15-26(32)31(16-21-4-8-22(27)9-5-21)25-12-13-30(3)17-24(25)28/h4-11,19,24-25,29H,12-18H2,1-3H3/t24-,25+/m1/s1. The van der Waals surface area contributed by atoms with Crippen LogP contribution in [0.5, 0.6) is 5.75 Å². The van der Waals surface area contributed by atoms with Gasteiger partial charge in [0.2, 0.25) is 5.91 Å². The third-order valence-electron chi connectivity index (χ3n) is 5.81. The van der Waals surface area contributed by atoms with Gasteiger partial charge in [-0.1, -0.05) is 38.1 Å². The third-order valence-corrected chi connectivity index (χ3v) is 5.81. The number of halogens is 2. The SMILES string of the molecule is CC(C)COc1ccc(CNCC(=O)N(Cc2ccc(F)cc2)[C@H]2CCN(C)C[C@H]2F)cc1. The lowest BCUT2D eigenvalue weighted by Crippen LogP contribution is -2.54. The van der Waals surface area contributed by atoms with Crippen LogP contribution in [0.15, 0.2) is 48.5 Å². The quantitative estimate of drug-likeness (QED) is 0.583. The number of nitrogens with one attached hydrogen (secondary N) is 1. The number of amides is 1. The summed E-state index contributed by atoms with van der Waals surface area (Å²) in [5.74, 6) is 0.795. The summed E-state index contributed by atoms with van der Waals surface area (Å²) in [7, 11) is 1.88. The van der Waals surface area contributed by atoms with Crippen LogP contribution < -0.4 is 10.1 Å². The van der Waals surface area contributed by atoms with Gasteiger partial charge in [0.05, 0.1) is 19.2 Å². The summed E-state index contributed by atoms with van der Waals surface area (Å²) in [5, 5.41) is 3.18. The molecule has 0 aliphatic carbocycles. The van der Waals surface area contributed by atoms with E-state index in [1.54, 1.807) is 17.0 Å². The lowest BCUT2D eigenvalue weighted by atomic mass is 10.0. The van der Waals surface area contributed by atoms with Crippen LogP contribution in [0.1, 0.15) is 31.4 Å². The van der Waals surface area contributed by atoms with E-state index in [9.17, 15) is 13.6 Å². The largest absolute Gasteiger partial charge is 0.493 e. The maximum Gasteiger partial charge on any atom is 0.237 e. The average molecular weight is 460 g/mol. The van der Waals surface area contributed by atoms with Gasteiger partial charge in [-0.05, 0) is 54.8 Å². The number of piperidine rings is 1. The maximum absolute atomic E-state index is 14.9. The zero-order valence-electron chi connectivity index (χ0n) is 19.8. The Balaban J connectivity index is 1.59. The minimum atomic E-state index is -1.12. The highest BCUT2D eigenvalue weighted by atomic mass is 19.1. The van der Waals surface area contributed by atoms with Gasteiger partial charge in [-0.25, -0.2) is 8.78 Å². The minimum absolute atomic E-state index is 0.103. The molecule has 2 atom stereocenters. The summed E-state index contributed by atoms with van der Waals surface area (Å²) in [5.41, 5.74) is 1.82. The fourth-order valence-corrected chi connectivity index (χ4v) is 3.95. The number of nitrogens with zero attached hydrogens (tertiary/aromatic N) is 2. The molecule has 0 saturated carbocycles. The number of benzene rings is 2. The number of alkyl halides is 1. The summed E-state index contributed by atoms with van der Waals surface area (Å²) in [4.78, 5) is 16.7. The number of likely N-dealkylation sites (tertiary alicyclic amines) is 1. The van der Waals surface area contributed by atoms with Crippen molar-refractivity contribution in [2.45, 2.75) is 45.6 Å². The van der Waals surface area contributed by atoms with Gasteiger partial charge in [0.25, 0.3) is 0 Å². The van der Waals surface area contributed by atoms with E-state index in [2.05, 4.69) is 19.2 Å². The highest BCUT2D eigenvalue weighted by molar-refractivity contribution is 5.78. The van der Waals surface area contributed by atoms with Crippen LogP contribution >= 0.6 is 0 Å². The molecule has 3 rings (SSSR count). The van der Waals surface area contributed by atoms with Crippen molar-refractivity contribution in [2.75, 3.05) is 33.3 Å². The van der Waals surface area contributed by atoms with E-state index in [-0.39, 0.29) is 24.8 Å². The van der Waals surface area contributed by atoms with Gasteiger partial charge >= 0.3 is 0 Å². The normalized spacial score (nSPS) is 19.0. The molecule has 2 aromatic rings. The topological polar surface area (TPSA) is 44.8 Å². The molecule has 1 heterocycles. The molecule has 0 bridgehead atoms. The summed E-state index contributed by atoms with van der Waals surface area (Å²) in [6.07, 6.45) is -0.547. The smallest absolute Gasteiger partial charge is 0.237 e. The van der Waals surface area contributed by atoms with E-state index in [4.69, 9.17) is 4.74 Å². The zero-order chi connectivity index (χ0) is 23.8. The Morgan fingerprint density at radius 2 is 1.82 bits per heavy atom. The van der Waals surface area contributed by atoms with Crippen LogP contribution in [0.3, 0.4) is 0 Å². The van der Waals surface area contributed by atoms with Crippen molar-refractivity contribution in [3.63, 3.8) is 0 Å². The molecule has 1 amide bonds. The highest BCUT2D eigenvalue weighted by Gasteiger charge is 2.34. The van der Waals surface area contributed by atoms with Gasteiger partial charge in [-0.3, -0.25) is 4.79 Å². The molecule has 0 unspecified atom stereocenters. The zero-order valence-corrected chi connectivity index (χ0v) is 19.8. The Morgan fingerprint density at radius 3 is 2.45 bits per heavy atom. The van der Waals surface area contributed by atoms with Crippen molar-refractivity contribution in [3.8, 4) is 5.75 Å². The number of hydrogen-bond donors (Lipinski definition) is 1. The lowest BCUT2D eigenvalue weighted by molar-refractivity contribution is -0.136. The number of rotatable bonds is 10. The summed E-state index contributed by atoms with van der Waals surface area (Å²) in [6.45, 7) is 6.79. The van der Waals surface area contributed by atoms with E-state index in [1.807, 2.05) is 36.2 Å². The molecule has 2 aromatic carbocycles. The molecular weight excluding hydrogens is 424 g/mol. The molecule has 1 aliphatic rings. The van der Waals surface area contributed by atoms with Crippen molar-refractivity contribution in [2.24, 2.45) is 5.92 Å².